The van der Waals surface area contributed by atoms with Crippen molar-refractivity contribution in [2.45, 2.75) is 51.4 Å². The van der Waals surface area contributed by atoms with E-state index >= 15 is 0 Å². The number of hydrogen-bond acceptors (Lipinski definition) is 6. The zero-order valence-corrected chi connectivity index (χ0v) is 22.1. The normalized spacial score (nSPS) is 12.4. The fourth-order valence-electron chi connectivity index (χ4n) is 4.35. The van der Waals surface area contributed by atoms with Crippen LogP contribution < -0.4 is 0 Å². The Morgan fingerprint density at radius 1 is 1.00 bits per heavy atom. The van der Waals surface area contributed by atoms with Crippen LogP contribution in [0.25, 0.3) is 0 Å². The maximum absolute atomic E-state index is 13.8. The highest BCUT2D eigenvalue weighted by Gasteiger charge is 2.39. The first-order valence-electron chi connectivity index (χ1n) is 12.7. The van der Waals surface area contributed by atoms with Gasteiger partial charge >= 0.3 is 11.9 Å². The summed E-state index contributed by atoms with van der Waals surface area (Å²) < 4.78 is 25.4. The molecule has 6 nitrogen and oxygen atoms in total. The Balaban J connectivity index is 1.87. The minimum absolute atomic E-state index is 0.0868. The number of nitrogens with zero attached hydrogens (tertiary/aromatic N) is 2. The Hall–Kier alpha value is -4.02. The number of aryl methyl sites for hydroxylation is 1. The fraction of sp³-hybridized carbons (Fsp3) is 0.323. The molecular formula is C31H33FN2O4. The first kappa shape index (κ1) is 28.5. The van der Waals surface area contributed by atoms with Crippen LogP contribution in [-0.4, -0.2) is 30.9 Å². The standard InChI is InChI=1S/C31H33FN2O4/c1-4-9-29(35)37-22-26-20-23(21-33)13-14-24(26)12-8-19-31(34(2)3,27-15-17-28(32)18-16-27)38-30(36)25-10-6-5-7-11-25/h5-7,10-11,13-18,20H,4,8-9,12,19,22H2,1-3H3. The number of halogens is 1. The highest BCUT2D eigenvalue weighted by molar-refractivity contribution is 5.89. The van der Waals surface area contributed by atoms with E-state index < -0.39 is 11.7 Å². The summed E-state index contributed by atoms with van der Waals surface area (Å²) in [5.74, 6) is -1.14. The van der Waals surface area contributed by atoms with E-state index in [9.17, 15) is 19.2 Å². The minimum Gasteiger partial charge on any atom is -0.461 e. The van der Waals surface area contributed by atoms with Gasteiger partial charge in [0.15, 0.2) is 5.72 Å². The lowest BCUT2D eigenvalue weighted by Gasteiger charge is -2.40. The Bertz CT molecular complexity index is 1270. The molecule has 3 aromatic carbocycles. The molecule has 38 heavy (non-hydrogen) atoms. The van der Waals surface area contributed by atoms with Crippen LogP contribution >= 0.6 is 0 Å². The quantitative estimate of drug-likeness (QED) is 0.213. The number of nitriles is 1. The molecule has 3 aromatic rings. The summed E-state index contributed by atoms with van der Waals surface area (Å²) in [5.41, 5.74) is 2.12. The van der Waals surface area contributed by atoms with Gasteiger partial charge in [-0.2, -0.15) is 5.26 Å². The molecule has 0 N–H and O–H groups in total. The van der Waals surface area contributed by atoms with E-state index in [4.69, 9.17) is 9.47 Å². The van der Waals surface area contributed by atoms with Crippen LogP contribution in [0.1, 0.15) is 65.2 Å². The molecule has 3 rings (SSSR count). The first-order valence-corrected chi connectivity index (χ1v) is 12.7. The Labute approximate surface area is 223 Å². The lowest BCUT2D eigenvalue weighted by Crippen LogP contribution is -2.45. The molecule has 0 heterocycles. The monoisotopic (exact) mass is 516 g/mol. The maximum atomic E-state index is 13.8. The molecular weight excluding hydrogens is 483 g/mol. The topological polar surface area (TPSA) is 79.6 Å². The third-order valence-corrected chi connectivity index (χ3v) is 6.43. The largest absolute Gasteiger partial charge is 0.461 e. The van der Waals surface area contributed by atoms with Crippen LogP contribution in [-0.2, 0) is 33.0 Å². The van der Waals surface area contributed by atoms with Crippen molar-refractivity contribution in [2.24, 2.45) is 0 Å². The van der Waals surface area contributed by atoms with Gasteiger partial charge in [-0.25, -0.2) is 9.18 Å². The second-order valence-corrected chi connectivity index (χ2v) is 9.30. The predicted molar refractivity (Wildman–Crippen MR) is 142 cm³/mol. The summed E-state index contributed by atoms with van der Waals surface area (Å²) in [7, 11) is 3.64. The first-order chi connectivity index (χ1) is 18.3. The summed E-state index contributed by atoms with van der Waals surface area (Å²) in [5, 5.41) is 9.34. The van der Waals surface area contributed by atoms with E-state index in [1.165, 1.54) is 12.1 Å². The van der Waals surface area contributed by atoms with Crippen molar-refractivity contribution in [1.82, 2.24) is 4.90 Å². The summed E-state index contributed by atoms with van der Waals surface area (Å²) in [6, 6.07) is 22.2. The molecule has 0 fully saturated rings. The van der Waals surface area contributed by atoms with Gasteiger partial charge in [-0.05, 0) is 80.9 Å². The second-order valence-electron chi connectivity index (χ2n) is 9.30. The lowest BCUT2D eigenvalue weighted by atomic mass is 9.92. The molecule has 0 aromatic heterocycles. The Morgan fingerprint density at radius 2 is 1.71 bits per heavy atom. The van der Waals surface area contributed by atoms with Crippen molar-refractivity contribution in [3.8, 4) is 6.07 Å². The van der Waals surface area contributed by atoms with Crippen molar-refractivity contribution in [1.29, 1.82) is 5.26 Å². The molecule has 1 unspecified atom stereocenters. The van der Waals surface area contributed by atoms with Crippen LogP contribution in [0.4, 0.5) is 4.39 Å². The van der Waals surface area contributed by atoms with E-state index in [0.717, 1.165) is 11.1 Å². The highest BCUT2D eigenvalue weighted by Crippen LogP contribution is 2.35. The molecule has 0 spiro atoms. The Morgan fingerprint density at radius 3 is 2.34 bits per heavy atom. The molecule has 0 aliphatic rings. The van der Waals surface area contributed by atoms with Crippen molar-refractivity contribution in [3.05, 3.63) is 106 Å². The van der Waals surface area contributed by atoms with E-state index in [1.54, 1.807) is 48.5 Å². The number of benzene rings is 3. The van der Waals surface area contributed by atoms with Gasteiger partial charge in [-0.15, -0.1) is 0 Å². The second kappa shape index (κ2) is 13.5. The zero-order valence-electron chi connectivity index (χ0n) is 22.1. The fourth-order valence-corrected chi connectivity index (χ4v) is 4.35. The van der Waals surface area contributed by atoms with Crippen molar-refractivity contribution < 1.29 is 23.5 Å². The Kier molecular flexibility index (Phi) is 10.1. The van der Waals surface area contributed by atoms with Gasteiger partial charge in [0.25, 0.3) is 0 Å². The van der Waals surface area contributed by atoms with E-state index in [2.05, 4.69) is 6.07 Å². The van der Waals surface area contributed by atoms with Crippen molar-refractivity contribution >= 4 is 11.9 Å². The molecule has 0 saturated carbocycles. The molecule has 198 valence electrons. The molecule has 0 amide bonds. The predicted octanol–water partition coefficient (Wildman–Crippen LogP) is 6.13. The van der Waals surface area contributed by atoms with Crippen LogP contribution in [0.3, 0.4) is 0 Å². The van der Waals surface area contributed by atoms with Gasteiger partial charge in [0.05, 0.1) is 17.2 Å². The van der Waals surface area contributed by atoms with E-state index in [1.807, 2.05) is 38.1 Å². The molecule has 0 aliphatic carbocycles. The summed E-state index contributed by atoms with van der Waals surface area (Å²) in [6.45, 7) is 2.00. The summed E-state index contributed by atoms with van der Waals surface area (Å²) >= 11 is 0. The van der Waals surface area contributed by atoms with Crippen molar-refractivity contribution in [2.75, 3.05) is 14.1 Å². The number of rotatable bonds is 12. The summed E-state index contributed by atoms with van der Waals surface area (Å²) in [6.07, 6.45) is 2.63. The zero-order chi connectivity index (χ0) is 27.5. The molecule has 0 saturated heterocycles. The number of esters is 2. The molecule has 7 heteroatoms. The number of hydrogen-bond donors (Lipinski definition) is 0. The van der Waals surface area contributed by atoms with Gasteiger partial charge in [0.2, 0.25) is 0 Å². The number of carbonyl (C=O) groups excluding carboxylic acids is 2. The van der Waals surface area contributed by atoms with E-state index in [-0.39, 0.29) is 18.4 Å². The average Bonchev–Trinajstić information content (AvgIpc) is 2.92. The van der Waals surface area contributed by atoms with Gasteiger partial charge in [-0.1, -0.05) is 43.3 Å². The highest BCUT2D eigenvalue weighted by atomic mass is 19.1. The third kappa shape index (κ3) is 7.27. The average molecular weight is 517 g/mol. The third-order valence-electron chi connectivity index (χ3n) is 6.43. The maximum Gasteiger partial charge on any atom is 0.340 e. The molecule has 0 aliphatic heterocycles. The van der Waals surface area contributed by atoms with Gasteiger partial charge in [-0.3, -0.25) is 9.69 Å². The van der Waals surface area contributed by atoms with Crippen LogP contribution in [0.5, 0.6) is 0 Å². The van der Waals surface area contributed by atoms with Crippen molar-refractivity contribution in [3.63, 3.8) is 0 Å². The summed E-state index contributed by atoms with van der Waals surface area (Å²) in [4.78, 5) is 26.9. The molecule has 1 atom stereocenters. The van der Waals surface area contributed by atoms with Gasteiger partial charge < -0.3 is 9.47 Å². The molecule has 0 radical (unpaired) electrons. The van der Waals surface area contributed by atoms with E-state index in [0.29, 0.717) is 48.8 Å². The van der Waals surface area contributed by atoms with Crippen LogP contribution in [0.2, 0.25) is 0 Å². The van der Waals surface area contributed by atoms with Crippen LogP contribution in [0, 0.1) is 17.1 Å². The molecule has 0 bridgehead atoms. The lowest BCUT2D eigenvalue weighted by molar-refractivity contribution is -0.145. The van der Waals surface area contributed by atoms with Crippen LogP contribution in [0.15, 0.2) is 72.8 Å². The smallest absolute Gasteiger partial charge is 0.340 e. The van der Waals surface area contributed by atoms with Gasteiger partial charge in [0.1, 0.15) is 12.4 Å². The number of carbonyl (C=O) groups is 2. The SMILES string of the molecule is CCCC(=O)OCc1cc(C#N)ccc1CCCC(OC(=O)c1ccccc1)(c1ccc(F)cc1)N(C)C. The number of ether oxygens (including phenoxy) is 2. The van der Waals surface area contributed by atoms with Gasteiger partial charge in [0, 0.05) is 18.4 Å². The minimum atomic E-state index is -1.15.